The molecule has 0 bridgehead atoms. The minimum absolute atomic E-state index is 0.00804. The quantitative estimate of drug-likeness (QED) is 0.705. The average molecular weight is 352 g/mol. The van der Waals surface area contributed by atoms with E-state index in [1.165, 1.54) is 0 Å². The summed E-state index contributed by atoms with van der Waals surface area (Å²) in [4.78, 5) is 26.8. The van der Waals surface area contributed by atoms with Crippen molar-refractivity contribution < 1.29 is 18.7 Å². The number of furan rings is 1. The van der Waals surface area contributed by atoms with Crippen LogP contribution in [0.25, 0.3) is 11.0 Å². The molecule has 6 nitrogen and oxygen atoms in total. The number of para-hydroxylation sites is 1. The number of rotatable bonds is 5. The van der Waals surface area contributed by atoms with Gasteiger partial charge in [0, 0.05) is 30.7 Å². The van der Waals surface area contributed by atoms with Crippen molar-refractivity contribution in [2.75, 3.05) is 30.9 Å². The van der Waals surface area contributed by atoms with Gasteiger partial charge in [0.25, 0.3) is 5.91 Å². The number of nitrogens with zero attached hydrogens (tertiary/aromatic N) is 1. The Morgan fingerprint density at radius 1 is 1.08 bits per heavy atom. The number of hydrogen-bond donors (Lipinski definition) is 1. The number of carbonyl (C=O) groups is 2. The summed E-state index contributed by atoms with van der Waals surface area (Å²) in [6, 6.07) is 14.3. The van der Waals surface area contributed by atoms with Crippen LogP contribution in [0.3, 0.4) is 0 Å². The molecule has 0 spiro atoms. The number of amides is 1. The van der Waals surface area contributed by atoms with Crippen LogP contribution in [0.5, 0.6) is 0 Å². The summed E-state index contributed by atoms with van der Waals surface area (Å²) in [6.07, 6.45) is 0. The maximum Gasteiger partial charge on any atom is 0.376 e. The van der Waals surface area contributed by atoms with Gasteiger partial charge in [0.2, 0.25) is 5.76 Å². The van der Waals surface area contributed by atoms with Crippen molar-refractivity contribution in [3.05, 3.63) is 59.9 Å². The molecular formula is C20H20N2O4. The Kier molecular flexibility index (Phi) is 4.93. The number of carbonyl (C=O) groups excluding carboxylic acids is 2. The monoisotopic (exact) mass is 352 g/mol. The molecule has 0 fully saturated rings. The van der Waals surface area contributed by atoms with Gasteiger partial charge in [-0.25, -0.2) is 4.79 Å². The molecule has 0 saturated carbocycles. The first-order valence-electron chi connectivity index (χ1n) is 8.28. The number of nitrogens with one attached hydrogen (secondary N) is 1. The molecule has 0 saturated heterocycles. The van der Waals surface area contributed by atoms with E-state index in [1.54, 1.807) is 37.3 Å². The summed E-state index contributed by atoms with van der Waals surface area (Å²) >= 11 is 0. The number of anilines is 2. The number of ether oxygens (including phenoxy) is 1. The molecule has 3 aromatic rings. The summed E-state index contributed by atoms with van der Waals surface area (Å²) < 4.78 is 10.6. The summed E-state index contributed by atoms with van der Waals surface area (Å²) in [5.41, 5.74) is 2.30. The molecular weight excluding hydrogens is 332 g/mol. The fourth-order valence-electron chi connectivity index (χ4n) is 2.61. The van der Waals surface area contributed by atoms with Crippen molar-refractivity contribution in [1.29, 1.82) is 0 Å². The van der Waals surface area contributed by atoms with E-state index < -0.39 is 5.97 Å². The molecule has 0 atom stereocenters. The first-order valence-corrected chi connectivity index (χ1v) is 8.28. The molecule has 134 valence electrons. The third-order valence-corrected chi connectivity index (χ3v) is 3.94. The van der Waals surface area contributed by atoms with E-state index in [0.717, 1.165) is 5.69 Å². The van der Waals surface area contributed by atoms with Gasteiger partial charge in [0.1, 0.15) is 11.3 Å². The van der Waals surface area contributed by atoms with Crippen LogP contribution in [0.4, 0.5) is 11.4 Å². The van der Waals surface area contributed by atoms with Crippen LogP contribution < -0.4 is 10.2 Å². The van der Waals surface area contributed by atoms with Gasteiger partial charge in [-0.15, -0.1) is 0 Å². The molecule has 1 N–H and O–H groups in total. The zero-order valence-electron chi connectivity index (χ0n) is 14.9. The molecule has 0 unspecified atom stereocenters. The first kappa shape index (κ1) is 17.5. The van der Waals surface area contributed by atoms with E-state index in [4.69, 9.17) is 9.15 Å². The molecule has 1 aromatic heterocycles. The lowest BCUT2D eigenvalue weighted by molar-refractivity contribution is 0.0494. The number of benzene rings is 2. The van der Waals surface area contributed by atoms with Gasteiger partial charge >= 0.3 is 5.97 Å². The van der Waals surface area contributed by atoms with E-state index in [0.29, 0.717) is 22.2 Å². The summed E-state index contributed by atoms with van der Waals surface area (Å²) in [5, 5.41) is 3.44. The van der Waals surface area contributed by atoms with Crippen LogP contribution in [-0.2, 0) is 4.74 Å². The van der Waals surface area contributed by atoms with E-state index in [1.807, 2.05) is 37.2 Å². The van der Waals surface area contributed by atoms with Crippen molar-refractivity contribution in [3.63, 3.8) is 0 Å². The molecule has 26 heavy (non-hydrogen) atoms. The van der Waals surface area contributed by atoms with Gasteiger partial charge in [-0.2, -0.15) is 0 Å². The molecule has 0 aliphatic heterocycles. The van der Waals surface area contributed by atoms with E-state index in [9.17, 15) is 9.59 Å². The number of esters is 1. The second-order valence-corrected chi connectivity index (χ2v) is 5.92. The zero-order chi connectivity index (χ0) is 18.7. The van der Waals surface area contributed by atoms with Crippen LogP contribution in [0.1, 0.15) is 27.8 Å². The molecule has 1 heterocycles. The third-order valence-electron chi connectivity index (χ3n) is 3.94. The average Bonchev–Trinajstić information content (AvgIpc) is 3.01. The van der Waals surface area contributed by atoms with E-state index >= 15 is 0 Å². The Bertz CT molecular complexity index is 942. The van der Waals surface area contributed by atoms with E-state index in [2.05, 4.69) is 5.32 Å². The van der Waals surface area contributed by atoms with Gasteiger partial charge in [0.05, 0.1) is 6.61 Å². The van der Waals surface area contributed by atoms with Crippen LogP contribution in [-0.4, -0.2) is 32.6 Å². The molecule has 3 rings (SSSR count). The first-order chi connectivity index (χ1) is 12.5. The van der Waals surface area contributed by atoms with Crippen LogP contribution in [0, 0.1) is 0 Å². The van der Waals surface area contributed by atoms with Crippen molar-refractivity contribution in [2.24, 2.45) is 0 Å². The van der Waals surface area contributed by atoms with Gasteiger partial charge in [-0.3, -0.25) is 4.79 Å². The topological polar surface area (TPSA) is 71.8 Å². The largest absolute Gasteiger partial charge is 0.460 e. The second kappa shape index (κ2) is 7.31. The lowest BCUT2D eigenvalue weighted by Gasteiger charge is -2.12. The highest BCUT2D eigenvalue weighted by molar-refractivity contribution is 6.13. The van der Waals surface area contributed by atoms with Crippen LogP contribution in [0.2, 0.25) is 0 Å². The van der Waals surface area contributed by atoms with Crippen LogP contribution in [0.15, 0.2) is 52.9 Å². The van der Waals surface area contributed by atoms with Crippen molar-refractivity contribution in [3.8, 4) is 0 Å². The predicted molar refractivity (Wildman–Crippen MR) is 101 cm³/mol. The maximum absolute atomic E-state index is 12.7. The fraction of sp³-hybridized carbons (Fsp3) is 0.200. The Morgan fingerprint density at radius 2 is 1.77 bits per heavy atom. The molecule has 1 amide bonds. The zero-order valence-corrected chi connectivity index (χ0v) is 14.9. The van der Waals surface area contributed by atoms with Crippen LogP contribution >= 0.6 is 0 Å². The molecule has 2 aromatic carbocycles. The van der Waals surface area contributed by atoms with Crippen molar-refractivity contribution in [1.82, 2.24) is 0 Å². The Hall–Kier alpha value is -3.28. The van der Waals surface area contributed by atoms with Gasteiger partial charge in [-0.05, 0) is 43.3 Å². The minimum atomic E-state index is -0.609. The SMILES string of the molecule is CCOC(=O)c1oc2ccccc2c1NC(=O)c1ccc(N(C)C)cc1. The Labute approximate surface area is 151 Å². The van der Waals surface area contributed by atoms with Gasteiger partial charge in [0.15, 0.2) is 0 Å². The minimum Gasteiger partial charge on any atom is -0.460 e. The normalized spacial score (nSPS) is 10.6. The Morgan fingerprint density at radius 3 is 2.42 bits per heavy atom. The number of hydrogen-bond acceptors (Lipinski definition) is 5. The second-order valence-electron chi connectivity index (χ2n) is 5.92. The lowest BCUT2D eigenvalue weighted by Crippen LogP contribution is -2.15. The molecule has 0 aliphatic carbocycles. The molecule has 0 radical (unpaired) electrons. The lowest BCUT2D eigenvalue weighted by atomic mass is 10.1. The highest BCUT2D eigenvalue weighted by atomic mass is 16.5. The van der Waals surface area contributed by atoms with E-state index in [-0.39, 0.29) is 18.3 Å². The van der Waals surface area contributed by atoms with Crippen molar-refractivity contribution in [2.45, 2.75) is 6.92 Å². The Balaban J connectivity index is 1.95. The highest BCUT2D eigenvalue weighted by Crippen LogP contribution is 2.32. The smallest absolute Gasteiger partial charge is 0.376 e. The highest BCUT2D eigenvalue weighted by Gasteiger charge is 2.23. The standard InChI is InChI=1S/C20H20N2O4/c1-4-25-20(24)18-17(15-7-5-6-8-16(15)26-18)21-19(23)13-9-11-14(12-10-13)22(2)3/h5-12H,4H2,1-3H3,(H,21,23). The maximum atomic E-state index is 12.7. The fourth-order valence-corrected chi connectivity index (χ4v) is 2.61. The molecule has 0 aliphatic rings. The van der Waals surface area contributed by atoms with Crippen molar-refractivity contribution >= 4 is 34.2 Å². The summed E-state index contributed by atoms with van der Waals surface area (Å²) in [6.45, 7) is 1.93. The van der Waals surface area contributed by atoms with Gasteiger partial charge < -0.3 is 19.4 Å². The number of fused-ring (bicyclic) bond motifs is 1. The third kappa shape index (κ3) is 3.39. The predicted octanol–water partition coefficient (Wildman–Crippen LogP) is 3.93. The summed E-state index contributed by atoms with van der Waals surface area (Å²) in [7, 11) is 3.86. The summed E-state index contributed by atoms with van der Waals surface area (Å²) in [5.74, 6) is -0.944. The van der Waals surface area contributed by atoms with Gasteiger partial charge in [-0.1, -0.05) is 12.1 Å². The molecule has 6 heteroatoms.